The van der Waals surface area contributed by atoms with Crippen LogP contribution in [0.1, 0.15) is 47.0 Å². The molecule has 1 saturated heterocycles. The van der Waals surface area contributed by atoms with E-state index in [4.69, 9.17) is 10.5 Å². The van der Waals surface area contributed by atoms with Crippen LogP contribution >= 0.6 is 0 Å². The standard InChI is InChI=1S/C13H25NO2/c1-10(2)5-11(3,4)7-12(14,6-10)13(15)8-16-9-13/h15H,5-9,14H2,1-4H3. The summed E-state index contributed by atoms with van der Waals surface area (Å²) < 4.78 is 5.16. The maximum atomic E-state index is 10.5. The van der Waals surface area contributed by atoms with Gasteiger partial charge in [0.25, 0.3) is 0 Å². The molecule has 0 aromatic heterocycles. The molecule has 2 rings (SSSR count). The van der Waals surface area contributed by atoms with Crippen LogP contribution in [0.4, 0.5) is 0 Å². The molecule has 0 aromatic carbocycles. The molecule has 0 radical (unpaired) electrons. The van der Waals surface area contributed by atoms with Gasteiger partial charge >= 0.3 is 0 Å². The summed E-state index contributed by atoms with van der Waals surface area (Å²) in [6.07, 6.45) is 2.92. The molecule has 0 atom stereocenters. The van der Waals surface area contributed by atoms with Crippen LogP contribution in [0.25, 0.3) is 0 Å². The van der Waals surface area contributed by atoms with Gasteiger partial charge in [-0.3, -0.25) is 0 Å². The Kier molecular flexibility index (Phi) is 2.48. The third-order valence-electron chi connectivity index (χ3n) is 4.15. The Morgan fingerprint density at radius 3 is 1.69 bits per heavy atom. The maximum Gasteiger partial charge on any atom is 0.129 e. The van der Waals surface area contributed by atoms with Gasteiger partial charge in [0.05, 0.1) is 18.8 Å². The van der Waals surface area contributed by atoms with E-state index < -0.39 is 11.1 Å². The predicted octanol–water partition coefficient (Wildman–Crippen LogP) is 1.68. The number of aliphatic hydroxyl groups is 1. The topological polar surface area (TPSA) is 55.5 Å². The lowest BCUT2D eigenvalue weighted by Crippen LogP contribution is -2.73. The fourth-order valence-corrected chi connectivity index (χ4v) is 4.10. The van der Waals surface area contributed by atoms with Crippen molar-refractivity contribution < 1.29 is 9.84 Å². The van der Waals surface area contributed by atoms with Gasteiger partial charge in [-0.1, -0.05) is 27.7 Å². The summed E-state index contributed by atoms with van der Waals surface area (Å²) in [6, 6.07) is 0. The molecular weight excluding hydrogens is 202 g/mol. The lowest BCUT2D eigenvalue weighted by atomic mass is 9.54. The van der Waals surface area contributed by atoms with Gasteiger partial charge in [-0.05, 0) is 30.1 Å². The Hall–Kier alpha value is -0.120. The molecule has 0 amide bonds. The van der Waals surface area contributed by atoms with Crippen molar-refractivity contribution >= 4 is 0 Å². The fourth-order valence-electron chi connectivity index (χ4n) is 4.10. The Morgan fingerprint density at radius 1 is 0.938 bits per heavy atom. The normalized spacial score (nSPS) is 34.1. The van der Waals surface area contributed by atoms with Crippen LogP contribution in [0.15, 0.2) is 0 Å². The van der Waals surface area contributed by atoms with Crippen molar-refractivity contribution in [3.8, 4) is 0 Å². The van der Waals surface area contributed by atoms with Gasteiger partial charge in [-0.2, -0.15) is 0 Å². The van der Waals surface area contributed by atoms with Gasteiger partial charge in [0, 0.05) is 0 Å². The van der Waals surface area contributed by atoms with E-state index in [-0.39, 0.29) is 10.8 Å². The summed E-state index contributed by atoms with van der Waals surface area (Å²) in [5, 5.41) is 10.5. The highest BCUT2D eigenvalue weighted by molar-refractivity contribution is 5.13. The number of rotatable bonds is 1. The van der Waals surface area contributed by atoms with Gasteiger partial charge in [-0.15, -0.1) is 0 Å². The quantitative estimate of drug-likeness (QED) is 0.716. The minimum atomic E-state index is -0.804. The second kappa shape index (κ2) is 3.21. The zero-order valence-electron chi connectivity index (χ0n) is 11.0. The smallest absolute Gasteiger partial charge is 0.129 e. The van der Waals surface area contributed by atoms with Crippen molar-refractivity contribution in [3.05, 3.63) is 0 Å². The predicted molar refractivity (Wildman–Crippen MR) is 64.1 cm³/mol. The summed E-state index contributed by atoms with van der Waals surface area (Å²) in [7, 11) is 0. The van der Waals surface area contributed by atoms with Crippen LogP contribution in [0.5, 0.6) is 0 Å². The SMILES string of the molecule is CC1(C)CC(C)(C)CC(N)(C2(O)COC2)C1. The highest BCUT2D eigenvalue weighted by atomic mass is 16.5. The van der Waals surface area contributed by atoms with E-state index >= 15 is 0 Å². The zero-order chi connectivity index (χ0) is 12.2. The molecule has 0 spiro atoms. The molecule has 2 fully saturated rings. The molecule has 3 N–H and O–H groups in total. The number of hydrogen-bond acceptors (Lipinski definition) is 3. The molecule has 1 heterocycles. The average molecular weight is 227 g/mol. The van der Waals surface area contributed by atoms with Crippen LogP contribution < -0.4 is 5.73 Å². The average Bonchev–Trinajstić information content (AvgIpc) is 1.92. The molecule has 0 bridgehead atoms. The van der Waals surface area contributed by atoms with Crippen molar-refractivity contribution in [2.24, 2.45) is 16.6 Å². The first kappa shape index (κ1) is 12.3. The molecule has 1 aliphatic carbocycles. The van der Waals surface area contributed by atoms with Gasteiger partial charge in [0.2, 0.25) is 0 Å². The first-order valence-corrected chi connectivity index (χ1v) is 6.17. The molecule has 16 heavy (non-hydrogen) atoms. The summed E-state index contributed by atoms with van der Waals surface area (Å²) in [6.45, 7) is 9.79. The molecular formula is C13H25NO2. The fraction of sp³-hybridized carbons (Fsp3) is 1.00. The monoisotopic (exact) mass is 227 g/mol. The minimum absolute atomic E-state index is 0.196. The Labute approximate surface area is 98.4 Å². The third kappa shape index (κ3) is 1.89. The van der Waals surface area contributed by atoms with Crippen LogP contribution in [-0.4, -0.2) is 29.5 Å². The Balaban J connectivity index is 2.27. The molecule has 0 aromatic rings. The minimum Gasteiger partial charge on any atom is -0.383 e. The molecule has 3 heteroatoms. The van der Waals surface area contributed by atoms with E-state index in [1.807, 2.05) is 0 Å². The van der Waals surface area contributed by atoms with Gasteiger partial charge < -0.3 is 15.6 Å². The van der Waals surface area contributed by atoms with Crippen molar-refractivity contribution in [2.75, 3.05) is 13.2 Å². The summed E-state index contributed by atoms with van der Waals surface area (Å²) in [5.74, 6) is 0. The molecule has 1 saturated carbocycles. The van der Waals surface area contributed by atoms with Crippen molar-refractivity contribution in [2.45, 2.75) is 58.1 Å². The van der Waals surface area contributed by atoms with Crippen LogP contribution in [0.3, 0.4) is 0 Å². The molecule has 1 aliphatic heterocycles. The summed E-state index contributed by atoms with van der Waals surface area (Å²) in [4.78, 5) is 0. The first-order chi connectivity index (χ1) is 7.08. The largest absolute Gasteiger partial charge is 0.383 e. The van der Waals surface area contributed by atoms with Crippen LogP contribution in [0, 0.1) is 10.8 Å². The summed E-state index contributed by atoms with van der Waals surface area (Å²) >= 11 is 0. The number of hydrogen-bond donors (Lipinski definition) is 2. The van der Waals surface area contributed by atoms with Gasteiger partial charge in [-0.25, -0.2) is 0 Å². The zero-order valence-corrected chi connectivity index (χ0v) is 11.0. The second-order valence-electron chi connectivity index (χ2n) is 7.54. The first-order valence-electron chi connectivity index (χ1n) is 6.17. The lowest BCUT2D eigenvalue weighted by molar-refractivity contribution is -0.233. The summed E-state index contributed by atoms with van der Waals surface area (Å²) in [5.41, 5.74) is 5.62. The van der Waals surface area contributed by atoms with E-state index in [9.17, 15) is 5.11 Å². The lowest BCUT2D eigenvalue weighted by Gasteiger charge is -2.58. The van der Waals surface area contributed by atoms with Crippen LogP contribution in [0.2, 0.25) is 0 Å². The molecule has 2 aliphatic rings. The second-order valence-corrected chi connectivity index (χ2v) is 7.54. The van der Waals surface area contributed by atoms with Crippen molar-refractivity contribution in [1.82, 2.24) is 0 Å². The Bertz CT molecular complexity index is 276. The van der Waals surface area contributed by atoms with Crippen molar-refractivity contribution in [3.63, 3.8) is 0 Å². The third-order valence-corrected chi connectivity index (χ3v) is 4.15. The molecule has 3 nitrogen and oxygen atoms in total. The molecule has 94 valence electrons. The molecule has 0 unspecified atom stereocenters. The van der Waals surface area contributed by atoms with E-state index in [0.29, 0.717) is 13.2 Å². The van der Waals surface area contributed by atoms with Crippen molar-refractivity contribution in [1.29, 1.82) is 0 Å². The highest BCUT2D eigenvalue weighted by Gasteiger charge is 2.58. The van der Waals surface area contributed by atoms with Gasteiger partial charge in [0.15, 0.2) is 0 Å². The maximum absolute atomic E-state index is 10.5. The van der Waals surface area contributed by atoms with E-state index in [0.717, 1.165) is 19.3 Å². The van der Waals surface area contributed by atoms with E-state index in [1.54, 1.807) is 0 Å². The number of nitrogens with two attached hydrogens (primary N) is 1. The van der Waals surface area contributed by atoms with E-state index in [1.165, 1.54) is 0 Å². The highest BCUT2D eigenvalue weighted by Crippen LogP contribution is 2.53. The van der Waals surface area contributed by atoms with E-state index in [2.05, 4.69) is 27.7 Å². The van der Waals surface area contributed by atoms with Gasteiger partial charge in [0.1, 0.15) is 5.60 Å². The van der Waals surface area contributed by atoms with Crippen LogP contribution in [-0.2, 0) is 4.74 Å². The number of ether oxygens (including phenoxy) is 1. The Morgan fingerprint density at radius 2 is 1.38 bits per heavy atom.